The SMILES string of the molecule is O=C(CNc1ccc(F)cc1)Nc1cc(Cl)ccc1Cl. The van der Waals surface area contributed by atoms with Gasteiger partial charge in [-0.05, 0) is 42.5 Å². The first kappa shape index (κ1) is 14.6. The lowest BCUT2D eigenvalue weighted by molar-refractivity contribution is -0.114. The van der Waals surface area contributed by atoms with Crippen LogP contribution in [0.2, 0.25) is 10.0 Å². The molecule has 0 atom stereocenters. The number of nitrogens with one attached hydrogen (secondary N) is 2. The van der Waals surface area contributed by atoms with Gasteiger partial charge in [-0.25, -0.2) is 4.39 Å². The molecule has 1 amide bonds. The molecule has 2 aromatic carbocycles. The van der Waals surface area contributed by atoms with E-state index in [1.54, 1.807) is 30.3 Å². The Morgan fingerprint density at radius 1 is 1.10 bits per heavy atom. The van der Waals surface area contributed by atoms with Gasteiger partial charge in [0.15, 0.2) is 0 Å². The number of hydrogen-bond acceptors (Lipinski definition) is 2. The second kappa shape index (κ2) is 6.59. The van der Waals surface area contributed by atoms with Crippen LogP contribution in [0.3, 0.4) is 0 Å². The molecule has 0 saturated heterocycles. The maximum absolute atomic E-state index is 12.7. The summed E-state index contributed by atoms with van der Waals surface area (Å²) >= 11 is 11.8. The van der Waals surface area contributed by atoms with Gasteiger partial charge < -0.3 is 10.6 Å². The van der Waals surface area contributed by atoms with Gasteiger partial charge in [-0.1, -0.05) is 23.2 Å². The van der Waals surface area contributed by atoms with Crippen LogP contribution < -0.4 is 10.6 Å². The van der Waals surface area contributed by atoms with Crippen LogP contribution >= 0.6 is 23.2 Å². The van der Waals surface area contributed by atoms with Crippen molar-refractivity contribution >= 4 is 40.5 Å². The van der Waals surface area contributed by atoms with Crippen molar-refractivity contribution in [1.82, 2.24) is 0 Å². The molecule has 0 heterocycles. The molecule has 0 aromatic heterocycles. The molecule has 0 saturated carbocycles. The molecule has 0 aliphatic heterocycles. The summed E-state index contributed by atoms with van der Waals surface area (Å²) in [5.74, 6) is -0.607. The summed E-state index contributed by atoms with van der Waals surface area (Å²) in [6.07, 6.45) is 0. The van der Waals surface area contributed by atoms with Crippen LogP contribution in [-0.2, 0) is 4.79 Å². The van der Waals surface area contributed by atoms with Gasteiger partial charge in [0.1, 0.15) is 5.82 Å². The molecule has 20 heavy (non-hydrogen) atoms. The summed E-state index contributed by atoms with van der Waals surface area (Å²) in [5, 5.41) is 6.40. The third-order valence-corrected chi connectivity index (χ3v) is 3.06. The average Bonchev–Trinajstić information content (AvgIpc) is 2.42. The van der Waals surface area contributed by atoms with E-state index in [0.717, 1.165) is 0 Å². The number of benzene rings is 2. The Morgan fingerprint density at radius 3 is 2.50 bits per heavy atom. The van der Waals surface area contributed by atoms with E-state index < -0.39 is 0 Å². The lowest BCUT2D eigenvalue weighted by atomic mass is 10.3. The summed E-state index contributed by atoms with van der Waals surface area (Å²) in [4.78, 5) is 11.8. The van der Waals surface area contributed by atoms with Crippen LogP contribution in [0, 0.1) is 5.82 Å². The zero-order valence-corrected chi connectivity index (χ0v) is 11.8. The number of hydrogen-bond donors (Lipinski definition) is 2. The topological polar surface area (TPSA) is 41.1 Å². The maximum Gasteiger partial charge on any atom is 0.243 e. The zero-order valence-electron chi connectivity index (χ0n) is 10.3. The van der Waals surface area contributed by atoms with E-state index in [1.165, 1.54) is 12.1 Å². The smallest absolute Gasteiger partial charge is 0.243 e. The van der Waals surface area contributed by atoms with E-state index in [9.17, 15) is 9.18 Å². The summed E-state index contributed by atoms with van der Waals surface area (Å²) in [6.45, 7) is 0.0362. The molecule has 3 nitrogen and oxygen atoms in total. The van der Waals surface area contributed by atoms with Gasteiger partial charge in [-0.15, -0.1) is 0 Å². The van der Waals surface area contributed by atoms with Crippen molar-refractivity contribution in [3.05, 3.63) is 58.3 Å². The van der Waals surface area contributed by atoms with Crippen molar-refractivity contribution in [1.29, 1.82) is 0 Å². The summed E-state index contributed by atoms with van der Waals surface area (Å²) in [6, 6.07) is 10.5. The first-order valence-corrected chi connectivity index (χ1v) is 6.54. The van der Waals surface area contributed by atoms with Gasteiger partial charge in [0.25, 0.3) is 0 Å². The van der Waals surface area contributed by atoms with E-state index in [0.29, 0.717) is 21.4 Å². The second-order valence-electron chi connectivity index (χ2n) is 4.03. The molecule has 0 radical (unpaired) electrons. The van der Waals surface area contributed by atoms with Crippen molar-refractivity contribution in [2.45, 2.75) is 0 Å². The minimum absolute atomic E-state index is 0.0362. The van der Waals surface area contributed by atoms with Gasteiger partial charge in [0, 0.05) is 10.7 Å². The molecule has 0 aliphatic carbocycles. The van der Waals surface area contributed by atoms with Crippen LogP contribution in [0.1, 0.15) is 0 Å². The van der Waals surface area contributed by atoms with Crippen LogP contribution in [0.5, 0.6) is 0 Å². The molecule has 2 aromatic rings. The standard InChI is InChI=1S/C14H11Cl2FN2O/c15-9-1-6-12(16)13(7-9)19-14(20)8-18-11-4-2-10(17)3-5-11/h1-7,18H,8H2,(H,19,20). The fourth-order valence-corrected chi connectivity index (χ4v) is 1.87. The van der Waals surface area contributed by atoms with Crippen LogP contribution in [0.4, 0.5) is 15.8 Å². The summed E-state index contributed by atoms with van der Waals surface area (Å²) < 4.78 is 12.7. The van der Waals surface area contributed by atoms with Crippen molar-refractivity contribution in [3.63, 3.8) is 0 Å². The highest BCUT2D eigenvalue weighted by Gasteiger charge is 2.06. The number of anilines is 2. The van der Waals surface area contributed by atoms with E-state index in [1.807, 2.05) is 0 Å². The first-order chi connectivity index (χ1) is 9.54. The van der Waals surface area contributed by atoms with Gasteiger partial charge in [0.2, 0.25) is 5.91 Å². The van der Waals surface area contributed by atoms with E-state index in [-0.39, 0.29) is 18.3 Å². The number of carbonyl (C=O) groups excluding carboxylic acids is 1. The Hall–Kier alpha value is -1.78. The fraction of sp³-hybridized carbons (Fsp3) is 0.0714. The Balaban J connectivity index is 1.92. The summed E-state index contributed by atoms with van der Waals surface area (Å²) in [5.41, 5.74) is 1.10. The zero-order chi connectivity index (χ0) is 14.5. The number of amides is 1. The lowest BCUT2D eigenvalue weighted by Gasteiger charge is -2.09. The van der Waals surface area contributed by atoms with Crippen molar-refractivity contribution < 1.29 is 9.18 Å². The minimum Gasteiger partial charge on any atom is -0.376 e. The molecule has 104 valence electrons. The number of rotatable bonds is 4. The van der Waals surface area contributed by atoms with E-state index >= 15 is 0 Å². The number of carbonyl (C=O) groups is 1. The molecule has 0 spiro atoms. The third-order valence-electron chi connectivity index (χ3n) is 2.50. The Kier molecular flexibility index (Phi) is 4.82. The second-order valence-corrected chi connectivity index (χ2v) is 4.88. The predicted molar refractivity (Wildman–Crippen MR) is 80.0 cm³/mol. The van der Waals surface area contributed by atoms with Crippen molar-refractivity contribution in [2.75, 3.05) is 17.2 Å². The normalized spacial score (nSPS) is 10.2. The Labute approximate surface area is 125 Å². The molecule has 0 unspecified atom stereocenters. The van der Waals surface area contributed by atoms with E-state index in [2.05, 4.69) is 10.6 Å². The highest BCUT2D eigenvalue weighted by molar-refractivity contribution is 6.35. The predicted octanol–water partition coefficient (Wildman–Crippen LogP) is 4.18. The van der Waals surface area contributed by atoms with Crippen molar-refractivity contribution in [2.24, 2.45) is 0 Å². The maximum atomic E-state index is 12.7. The molecule has 0 fully saturated rings. The lowest BCUT2D eigenvalue weighted by Crippen LogP contribution is -2.21. The van der Waals surface area contributed by atoms with E-state index in [4.69, 9.17) is 23.2 Å². The molecule has 2 rings (SSSR count). The largest absolute Gasteiger partial charge is 0.376 e. The highest BCUT2D eigenvalue weighted by atomic mass is 35.5. The quantitative estimate of drug-likeness (QED) is 0.889. The van der Waals surface area contributed by atoms with Crippen LogP contribution in [0.15, 0.2) is 42.5 Å². The van der Waals surface area contributed by atoms with Crippen molar-refractivity contribution in [3.8, 4) is 0 Å². The Morgan fingerprint density at radius 2 is 1.80 bits per heavy atom. The molecule has 0 aliphatic rings. The minimum atomic E-state index is -0.328. The molecular formula is C14H11Cl2FN2O. The fourth-order valence-electron chi connectivity index (χ4n) is 1.54. The monoisotopic (exact) mass is 312 g/mol. The van der Waals surface area contributed by atoms with Crippen LogP contribution in [0.25, 0.3) is 0 Å². The van der Waals surface area contributed by atoms with Gasteiger partial charge in [-0.3, -0.25) is 4.79 Å². The highest BCUT2D eigenvalue weighted by Crippen LogP contribution is 2.25. The molecule has 6 heteroatoms. The van der Waals surface area contributed by atoms with Gasteiger partial charge >= 0.3 is 0 Å². The Bertz CT molecular complexity index is 617. The first-order valence-electron chi connectivity index (χ1n) is 5.79. The molecule has 2 N–H and O–H groups in total. The third kappa shape index (κ3) is 4.11. The molecule has 0 bridgehead atoms. The van der Waals surface area contributed by atoms with Gasteiger partial charge in [-0.2, -0.15) is 0 Å². The molecular weight excluding hydrogens is 302 g/mol. The van der Waals surface area contributed by atoms with Gasteiger partial charge in [0.05, 0.1) is 17.3 Å². The average molecular weight is 313 g/mol. The number of halogens is 3. The summed E-state index contributed by atoms with van der Waals surface area (Å²) in [7, 11) is 0. The van der Waals surface area contributed by atoms with Crippen LogP contribution in [-0.4, -0.2) is 12.5 Å².